The highest BCUT2D eigenvalue weighted by atomic mass is 79.9. The van der Waals surface area contributed by atoms with Crippen molar-refractivity contribution in [3.63, 3.8) is 0 Å². The van der Waals surface area contributed by atoms with E-state index in [-0.39, 0.29) is 11.9 Å². The number of hydrogen-bond acceptors (Lipinski definition) is 5. The highest BCUT2D eigenvalue weighted by Crippen LogP contribution is 2.33. The van der Waals surface area contributed by atoms with E-state index < -0.39 is 6.10 Å². The zero-order valence-electron chi connectivity index (χ0n) is 19.9. The van der Waals surface area contributed by atoms with Crippen LogP contribution >= 0.6 is 31.9 Å². The van der Waals surface area contributed by atoms with Crippen LogP contribution in [-0.2, 0) is 20.9 Å². The molecule has 0 spiro atoms. The molecule has 3 aromatic rings. The molecule has 1 fully saturated rings. The maximum absolute atomic E-state index is 12.5. The fraction of sp³-hybridized carbons (Fsp3) is 0.462. The Morgan fingerprint density at radius 1 is 0.914 bits per heavy atom. The second kappa shape index (κ2) is 11.9. The van der Waals surface area contributed by atoms with Crippen LogP contribution in [0.15, 0.2) is 45.3 Å². The fourth-order valence-electron chi connectivity index (χ4n) is 4.80. The number of methoxy groups -OCH3 is 1. The van der Waals surface area contributed by atoms with Gasteiger partial charge in [0, 0.05) is 76.3 Å². The minimum absolute atomic E-state index is 0.137. The Bertz CT molecular complexity index is 1140. The highest BCUT2D eigenvalue weighted by Gasteiger charge is 2.23. The van der Waals surface area contributed by atoms with Gasteiger partial charge < -0.3 is 19.3 Å². The van der Waals surface area contributed by atoms with Gasteiger partial charge in [0.15, 0.2) is 0 Å². The Morgan fingerprint density at radius 2 is 1.49 bits per heavy atom. The minimum Gasteiger partial charge on any atom is -0.469 e. The van der Waals surface area contributed by atoms with Gasteiger partial charge in [-0.15, -0.1) is 0 Å². The average molecular weight is 609 g/mol. The molecule has 7 nitrogen and oxygen atoms in total. The zero-order valence-corrected chi connectivity index (χ0v) is 23.1. The molecule has 1 atom stereocenters. The number of carbonyl (C=O) groups is 2. The molecule has 2 aromatic carbocycles. The molecule has 2 heterocycles. The van der Waals surface area contributed by atoms with Crippen LogP contribution in [0.5, 0.6) is 0 Å². The van der Waals surface area contributed by atoms with E-state index in [9.17, 15) is 14.7 Å². The number of ether oxygens (including phenoxy) is 1. The van der Waals surface area contributed by atoms with E-state index in [1.807, 2.05) is 17.0 Å². The van der Waals surface area contributed by atoms with Crippen molar-refractivity contribution in [2.45, 2.75) is 38.3 Å². The summed E-state index contributed by atoms with van der Waals surface area (Å²) in [5.74, 6) is -0.0936. The maximum atomic E-state index is 12.5. The van der Waals surface area contributed by atoms with Crippen LogP contribution in [-0.4, -0.2) is 77.3 Å². The van der Waals surface area contributed by atoms with Crippen molar-refractivity contribution in [2.75, 3.05) is 39.8 Å². The van der Waals surface area contributed by atoms with Gasteiger partial charge in [-0.25, -0.2) is 0 Å². The average Bonchev–Trinajstić information content (AvgIpc) is 3.13. The molecule has 0 aliphatic carbocycles. The van der Waals surface area contributed by atoms with Crippen molar-refractivity contribution in [2.24, 2.45) is 0 Å². The van der Waals surface area contributed by atoms with Crippen LogP contribution in [0.2, 0.25) is 0 Å². The predicted octanol–water partition coefficient (Wildman–Crippen LogP) is 4.56. The number of β-amino-alcohol motifs (C(OH)–C–C–N with tert-alkyl or cyclic N) is 1. The Kier molecular flexibility index (Phi) is 8.86. The van der Waals surface area contributed by atoms with Crippen LogP contribution in [0.3, 0.4) is 0 Å². The predicted molar refractivity (Wildman–Crippen MR) is 144 cm³/mol. The van der Waals surface area contributed by atoms with E-state index in [0.717, 1.165) is 43.8 Å². The topological polar surface area (TPSA) is 75.0 Å². The van der Waals surface area contributed by atoms with Crippen LogP contribution in [0, 0.1) is 0 Å². The number of benzene rings is 2. The van der Waals surface area contributed by atoms with Crippen LogP contribution in [0.1, 0.15) is 25.7 Å². The van der Waals surface area contributed by atoms with Gasteiger partial charge in [0.25, 0.3) is 0 Å². The first kappa shape index (κ1) is 26.1. The first-order valence-corrected chi connectivity index (χ1v) is 13.6. The molecule has 0 unspecified atom stereocenters. The molecule has 9 heteroatoms. The number of unbranched alkanes of at least 4 members (excludes halogenated alkanes) is 1. The number of rotatable bonds is 9. The maximum Gasteiger partial charge on any atom is 0.305 e. The number of halogens is 2. The smallest absolute Gasteiger partial charge is 0.305 e. The van der Waals surface area contributed by atoms with Gasteiger partial charge in [-0.3, -0.25) is 14.5 Å². The lowest BCUT2D eigenvalue weighted by Crippen LogP contribution is -2.50. The van der Waals surface area contributed by atoms with E-state index in [2.05, 4.69) is 70.3 Å². The van der Waals surface area contributed by atoms with Crippen molar-refractivity contribution in [1.82, 2.24) is 14.4 Å². The normalized spacial score (nSPS) is 15.6. The number of esters is 1. The number of nitrogens with zero attached hydrogens (tertiary/aromatic N) is 3. The van der Waals surface area contributed by atoms with Crippen molar-refractivity contribution >= 4 is 65.5 Å². The molecule has 1 aliphatic rings. The summed E-state index contributed by atoms with van der Waals surface area (Å²) in [5, 5.41) is 13.3. The number of aliphatic hydroxyl groups excluding tert-OH is 1. The number of carbonyl (C=O) groups excluding carboxylic acids is 2. The summed E-state index contributed by atoms with van der Waals surface area (Å²) in [6.07, 6.45) is 1.65. The molecule has 1 aliphatic heterocycles. The summed E-state index contributed by atoms with van der Waals surface area (Å²) in [5.41, 5.74) is 2.20. The molecule has 35 heavy (non-hydrogen) atoms. The largest absolute Gasteiger partial charge is 0.469 e. The molecule has 1 saturated heterocycles. The highest BCUT2D eigenvalue weighted by molar-refractivity contribution is 9.10. The van der Waals surface area contributed by atoms with Crippen molar-refractivity contribution in [1.29, 1.82) is 0 Å². The van der Waals surface area contributed by atoms with E-state index in [1.165, 1.54) is 7.11 Å². The molecular weight excluding hydrogens is 578 g/mol. The van der Waals surface area contributed by atoms with Gasteiger partial charge in [0.05, 0.1) is 19.8 Å². The summed E-state index contributed by atoms with van der Waals surface area (Å²) >= 11 is 7.16. The summed E-state index contributed by atoms with van der Waals surface area (Å²) in [7, 11) is 1.38. The van der Waals surface area contributed by atoms with E-state index >= 15 is 0 Å². The first-order chi connectivity index (χ1) is 16.9. The number of piperazine rings is 1. The summed E-state index contributed by atoms with van der Waals surface area (Å²) in [4.78, 5) is 27.8. The van der Waals surface area contributed by atoms with Gasteiger partial charge in [0.2, 0.25) is 5.91 Å². The van der Waals surface area contributed by atoms with Gasteiger partial charge in [0.1, 0.15) is 0 Å². The molecule has 0 saturated carbocycles. The third kappa shape index (κ3) is 6.44. The monoisotopic (exact) mass is 607 g/mol. The van der Waals surface area contributed by atoms with E-state index in [4.69, 9.17) is 0 Å². The zero-order chi connectivity index (χ0) is 24.9. The number of hydrogen-bond donors (Lipinski definition) is 1. The van der Waals surface area contributed by atoms with Gasteiger partial charge in [-0.2, -0.15) is 0 Å². The Balaban J connectivity index is 1.32. The second-order valence-electron chi connectivity index (χ2n) is 9.05. The summed E-state index contributed by atoms with van der Waals surface area (Å²) < 4.78 is 8.89. The Labute approximate surface area is 222 Å². The molecule has 1 amide bonds. The molecular formula is C26H31Br2N3O4. The van der Waals surface area contributed by atoms with Crippen molar-refractivity contribution in [3.8, 4) is 0 Å². The molecule has 0 radical (unpaired) electrons. The Hall–Kier alpha value is -1.94. The lowest BCUT2D eigenvalue weighted by Gasteiger charge is -2.35. The quantitative estimate of drug-likeness (QED) is 0.285. The third-order valence-corrected chi connectivity index (χ3v) is 7.61. The van der Waals surface area contributed by atoms with Crippen molar-refractivity contribution < 1.29 is 19.4 Å². The van der Waals surface area contributed by atoms with Gasteiger partial charge in [-0.1, -0.05) is 31.9 Å². The molecule has 188 valence electrons. The number of amides is 1. The number of aliphatic hydroxyl groups is 1. The molecule has 1 aromatic heterocycles. The minimum atomic E-state index is -0.526. The molecule has 1 N–H and O–H groups in total. The molecule has 4 rings (SSSR count). The number of fused-ring (bicyclic) bond motifs is 3. The standard InChI is InChI=1S/C26H31Br2N3O4/c1-35-26(34)5-3-2-4-25(33)30-12-10-29(11-13-30)16-20(32)17-31-23-8-6-18(27)14-21(23)22-15-19(28)7-9-24(22)31/h6-9,14-15,20,32H,2-5,10-13,16-17H2,1H3/t20-/m1/s1. The lowest BCUT2D eigenvalue weighted by atomic mass is 10.1. The van der Waals surface area contributed by atoms with Crippen LogP contribution in [0.4, 0.5) is 0 Å². The Morgan fingerprint density at radius 3 is 2.06 bits per heavy atom. The van der Waals surface area contributed by atoms with Crippen molar-refractivity contribution in [3.05, 3.63) is 45.3 Å². The van der Waals surface area contributed by atoms with E-state index in [0.29, 0.717) is 51.9 Å². The first-order valence-electron chi connectivity index (χ1n) is 12.0. The van der Waals surface area contributed by atoms with Gasteiger partial charge in [-0.05, 0) is 49.2 Å². The van der Waals surface area contributed by atoms with Gasteiger partial charge >= 0.3 is 5.97 Å². The SMILES string of the molecule is COC(=O)CCCCC(=O)N1CCN(C[C@@H](O)Cn2c3ccc(Br)cc3c3cc(Br)ccc32)CC1. The lowest BCUT2D eigenvalue weighted by molar-refractivity contribution is -0.141. The fourth-order valence-corrected chi connectivity index (χ4v) is 5.52. The number of aromatic nitrogens is 1. The molecule has 0 bridgehead atoms. The van der Waals surface area contributed by atoms with Crippen LogP contribution in [0.25, 0.3) is 21.8 Å². The third-order valence-electron chi connectivity index (χ3n) is 6.63. The van der Waals surface area contributed by atoms with E-state index in [1.54, 1.807) is 0 Å². The van der Waals surface area contributed by atoms with Crippen LogP contribution < -0.4 is 0 Å². The summed E-state index contributed by atoms with van der Waals surface area (Å²) in [6, 6.07) is 12.5. The summed E-state index contributed by atoms with van der Waals surface area (Å²) in [6.45, 7) is 3.90. The second-order valence-corrected chi connectivity index (χ2v) is 10.9.